The van der Waals surface area contributed by atoms with Crippen LogP contribution in [0.15, 0.2) is 12.4 Å². The van der Waals surface area contributed by atoms with Crippen molar-refractivity contribution in [2.75, 3.05) is 13.1 Å². The average molecular weight is 408 g/mol. The van der Waals surface area contributed by atoms with Gasteiger partial charge in [-0.15, -0.1) is 0 Å². The molecule has 0 saturated carbocycles. The van der Waals surface area contributed by atoms with E-state index >= 15 is 0 Å². The third-order valence-corrected chi connectivity index (χ3v) is 3.93. The van der Waals surface area contributed by atoms with Gasteiger partial charge in [0.1, 0.15) is 12.4 Å². The molecular weight excluding hydrogens is 388 g/mol. The number of aryl methyl sites for hydroxylation is 2. The van der Waals surface area contributed by atoms with Gasteiger partial charge >= 0.3 is 35.1 Å². The maximum Gasteiger partial charge on any atom is 0.382 e. The maximum absolute atomic E-state index is 12.0. The van der Waals surface area contributed by atoms with Gasteiger partial charge in [-0.3, -0.25) is 9.59 Å². The summed E-state index contributed by atoms with van der Waals surface area (Å²) in [5.41, 5.74) is 0. The Morgan fingerprint density at radius 2 is 1.24 bits per heavy atom. The van der Waals surface area contributed by atoms with E-state index in [1.165, 1.54) is 23.2 Å². The molecule has 2 amide bonds. The second kappa shape index (κ2) is 9.38. The SMILES string of the molecule is Cn1cc([N+](=O)[O-])nc1C(=O)NCCCCCNC(=O)c1nc([N+](=O)[O-])cn1C. The molecule has 2 heterocycles. The lowest BCUT2D eigenvalue weighted by molar-refractivity contribution is -0.389. The number of nitro groups is 2. The number of unbranched alkanes of at least 4 members (excludes halogenated alkanes) is 2. The first-order chi connectivity index (χ1) is 13.7. The fourth-order valence-electron chi connectivity index (χ4n) is 2.49. The molecule has 2 aromatic rings. The van der Waals surface area contributed by atoms with E-state index in [2.05, 4.69) is 20.6 Å². The van der Waals surface area contributed by atoms with Crippen molar-refractivity contribution in [2.45, 2.75) is 19.3 Å². The van der Waals surface area contributed by atoms with Crippen molar-refractivity contribution < 1.29 is 19.4 Å². The van der Waals surface area contributed by atoms with Gasteiger partial charge in [-0.25, -0.2) is 0 Å². The van der Waals surface area contributed by atoms with Crippen LogP contribution in [0.3, 0.4) is 0 Å². The summed E-state index contributed by atoms with van der Waals surface area (Å²) in [4.78, 5) is 51.3. The third kappa shape index (κ3) is 5.57. The highest BCUT2D eigenvalue weighted by Crippen LogP contribution is 2.10. The summed E-state index contributed by atoms with van der Waals surface area (Å²) >= 11 is 0. The number of carbonyl (C=O) groups is 2. The van der Waals surface area contributed by atoms with Crippen LogP contribution in [0.2, 0.25) is 0 Å². The summed E-state index contributed by atoms with van der Waals surface area (Å²) < 4.78 is 2.57. The third-order valence-electron chi connectivity index (χ3n) is 3.93. The Balaban J connectivity index is 1.66. The van der Waals surface area contributed by atoms with Gasteiger partial charge in [-0.1, -0.05) is 0 Å². The predicted molar refractivity (Wildman–Crippen MR) is 98.2 cm³/mol. The highest BCUT2D eigenvalue weighted by atomic mass is 16.6. The van der Waals surface area contributed by atoms with Crippen LogP contribution in [0.1, 0.15) is 40.5 Å². The Kier molecular flexibility index (Phi) is 6.94. The van der Waals surface area contributed by atoms with Gasteiger partial charge in [-0.05, 0) is 39.1 Å². The van der Waals surface area contributed by atoms with Crippen molar-refractivity contribution >= 4 is 23.5 Å². The number of hydrogen-bond donors (Lipinski definition) is 2. The van der Waals surface area contributed by atoms with Crippen LogP contribution in [0.25, 0.3) is 0 Å². The predicted octanol–water partition coefficient (Wildman–Crippen LogP) is 0.300. The summed E-state index contributed by atoms with van der Waals surface area (Å²) in [7, 11) is 2.99. The van der Waals surface area contributed by atoms with Gasteiger partial charge in [0.25, 0.3) is 0 Å². The molecule has 0 spiro atoms. The van der Waals surface area contributed by atoms with Crippen molar-refractivity contribution in [3.8, 4) is 0 Å². The molecule has 14 heteroatoms. The first-order valence-corrected chi connectivity index (χ1v) is 8.62. The lowest BCUT2D eigenvalue weighted by Gasteiger charge is -2.04. The van der Waals surface area contributed by atoms with E-state index in [1.807, 2.05) is 0 Å². The molecular formula is C15H20N8O6. The lowest BCUT2D eigenvalue weighted by Crippen LogP contribution is -2.28. The Hall–Kier alpha value is -3.84. The van der Waals surface area contributed by atoms with Crippen LogP contribution in [-0.4, -0.2) is 53.9 Å². The Morgan fingerprint density at radius 1 is 0.862 bits per heavy atom. The van der Waals surface area contributed by atoms with E-state index in [1.54, 1.807) is 0 Å². The standard InChI is InChI=1S/C15H20N8O6/c1-20-8-10(22(26)27)18-12(20)14(24)16-6-4-3-5-7-17-15(25)13-19-11(23(28)29)9-21(13)2/h8-9H,3-7H2,1-2H3,(H,16,24)(H,17,25). The molecule has 0 aromatic carbocycles. The fourth-order valence-corrected chi connectivity index (χ4v) is 2.49. The van der Waals surface area contributed by atoms with Crippen molar-refractivity contribution in [3.05, 3.63) is 44.3 Å². The number of hydrogen-bond acceptors (Lipinski definition) is 8. The number of nitrogens with zero attached hydrogens (tertiary/aromatic N) is 6. The summed E-state index contributed by atoms with van der Waals surface area (Å²) in [6.07, 6.45) is 4.27. The molecule has 0 bridgehead atoms. The van der Waals surface area contributed by atoms with Crippen LogP contribution < -0.4 is 10.6 Å². The minimum Gasteiger partial charge on any atom is -0.358 e. The number of aromatic nitrogens is 4. The molecule has 0 saturated heterocycles. The summed E-state index contributed by atoms with van der Waals surface area (Å²) in [6.45, 7) is 0.692. The lowest BCUT2D eigenvalue weighted by atomic mass is 10.2. The molecule has 2 aromatic heterocycles. The molecule has 0 aliphatic rings. The van der Waals surface area contributed by atoms with Crippen LogP contribution in [0, 0.1) is 20.2 Å². The largest absolute Gasteiger partial charge is 0.382 e. The molecule has 0 radical (unpaired) electrons. The molecule has 29 heavy (non-hydrogen) atoms. The quantitative estimate of drug-likeness (QED) is 0.320. The van der Waals surface area contributed by atoms with Gasteiger partial charge in [-0.2, -0.15) is 0 Å². The Morgan fingerprint density at radius 3 is 1.55 bits per heavy atom. The average Bonchev–Trinajstić information content (AvgIpc) is 3.24. The zero-order chi connectivity index (χ0) is 21.6. The van der Waals surface area contributed by atoms with Crippen LogP contribution in [-0.2, 0) is 14.1 Å². The minimum absolute atomic E-state index is 0.0480. The summed E-state index contributed by atoms with van der Waals surface area (Å²) in [5, 5.41) is 26.6. The molecule has 14 nitrogen and oxygen atoms in total. The number of rotatable bonds is 10. The van der Waals surface area contributed by atoms with E-state index in [0.717, 1.165) is 12.4 Å². The minimum atomic E-state index is -0.672. The normalized spacial score (nSPS) is 10.6. The van der Waals surface area contributed by atoms with Crippen LogP contribution >= 0.6 is 0 Å². The highest BCUT2D eigenvalue weighted by molar-refractivity contribution is 5.91. The Bertz CT molecular complexity index is 859. The van der Waals surface area contributed by atoms with E-state index in [4.69, 9.17) is 0 Å². The van der Waals surface area contributed by atoms with Gasteiger partial charge in [0, 0.05) is 27.2 Å². The van der Waals surface area contributed by atoms with Gasteiger partial charge in [0.2, 0.25) is 0 Å². The fraction of sp³-hybridized carbons (Fsp3) is 0.467. The van der Waals surface area contributed by atoms with E-state index < -0.39 is 33.3 Å². The van der Waals surface area contributed by atoms with Gasteiger partial charge in [0.05, 0.1) is 0 Å². The van der Waals surface area contributed by atoms with Crippen LogP contribution in [0.5, 0.6) is 0 Å². The molecule has 2 rings (SSSR count). The topological polar surface area (TPSA) is 180 Å². The molecule has 156 valence electrons. The monoisotopic (exact) mass is 408 g/mol. The smallest absolute Gasteiger partial charge is 0.358 e. The maximum atomic E-state index is 12.0. The zero-order valence-electron chi connectivity index (χ0n) is 15.8. The molecule has 0 atom stereocenters. The molecule has 0 unspecified atom stereocenters. The number of amides is 2. The summed E-state index contributed by atoms with van der Waals surface area (Å²) in [6, 6.07) is 0. The highest BCUT2D eigenvalue weighted by Gasteiger charge is 2.23. The van der Waals surface area contributed by atoms with Crippen molar-refractivity contribution in [2.24, 2.45) is 14.1 Å². The first kappa shape index (κ1) is 21.5. The number of imidazole rings is 2. The number of carbonyl (C=O) groups excluding carboxylic acids is 2. The first-order valence-electron chi connectivity index (χ1n) is 8.62. The van der Waals surface area contributed by atoms with E-state index in [0.29, 0.717) is 32.4 Å². The van der Waals surface area contributed by atoms with Crippen molar-refractivity contribution in [3.63, 3.8) is 0 Å². The van der Waals surface area contributed by atoms with E-state index in [-0.39, 0.29) is 11.6 Å². The van der Waals surface area contributed by atoms with Crippen LogP contribution in [0.4, 0.5) is 11.6 Å². The molecule has 0 aliphatic heterocycles. The van der Waals surface area contributed by atoms with Gasteiger partial charge in [0.15, 0.2) is 0 Å². The molecule has 2 N–H and O–H groups in total. The molecule has 0 aliphatic carbocycles. The summed E-state index contributed by atoms with van der Waals surface area (Å²) in [5.74, 6) is -1.91. The van der Waals surface area contributed by atoms with Gasteiger partial charge < -0.3 is 40.0 Å². The Labute approximate surface area is 164 Å². The zero-order valence-corrected chi connectivity index (χ0v) is 15.8. The van der Waals surface area contributed by atoms with Crippen molar-refractivity contribution in [1.82, 2.24) is 29.7 Å². The van der Waals surface area contributed by atoms with E-state index in [9.17, 15) is 29.8 Å². The van der Waals surface area contributed by atoms with Crippen molar-refractivity contribution in [1.29, 1.82) is 0 Å². The second-order valence-electron chi connectivity index (χ2n) is 6.15. The molecule has 0 fully saturated rings. The second-order valence-corrected chi connectivity index (χ2v) is 6.15. The number of nitrogens with one attached hydrogen (secondary N) is 2.